The van der Waals surface area contributed by atoms with Gasteiger partial charge in [-0.2, -0.15) is 0 Å². The molecule has 3 heteroatoms. The fourth-order valence-electron chi connectivity index (χ4n) is 2.34. The first kappa shape index (κ1) is 14.9. The Labute approximate surface area is 108 Å². The summed E-state index contributed by atoms with van der Waals surface area (Å²) in [4.78, 5) is 5.07. The minimum absolute atomic E-state index is 0.675. The average molecular weight is 241 g/mol. The molecule has 0 saturated carbocycles. The molecule has 17 heavy (non-hydrogen) atoms. The summed E-state index contributed by atoms with van der Waals surface area (Å²) in [7, 11) is 2.23. The van der Waals surface area contributed by atoms with Crippen LogP contribution in [-0.2, 0) is 0 Å². The molecule has 1 heterocycles. The van der Waals surface area contributed by atoms with E-state index in [9.17, 15) is 0 Å². The second kappa shape index (κ2) is 8.06. The van der Waals surface area contributed by atoms with Gasteiger partial charge < -0.3 is 10.2 Å². The van der Waals surface area contributed by atoms with E-state index < -0.39 is 0 Å². The summed E-state index contributed by atoms with van der Waals surface area (Å²) in [6.45, 7) is 14.2. The van der Waals surface area contributed by atoms with Crippen molar-refractivity contribution < 1.29 is 0 Å². The summed E-state index contributed by atoms with van der Waals surface area (Å²) in [5.41, 5.74) is 0. The fraction of sp³-hybridized carbons (Fsp3) is 1.00. The highest BCUT2D eigenvalue weighted by Crippen LogP contribution is 2.05. The highest BCUT2D eigenvalue weighted by molar-refractivity contribution is 4.74. The van der Waals surface area contributed by atoms with E-state index >= 15 is 0 Å². The van der Waals surface area contributed by atoms with Crippen LogP contribution >= 0.6 is 0 Å². The summed E-state index contributed by atoms with van der Waals surface area (Å²) in [6, 6.07) is 0.675. The average Bonchev–Trinajstić information content (AvgIpc) is 2.49. The van der Waals surface area contributed by atoms with Crippen molar-refractivity contribution in [2.24, 2.45) is 5.92 Å². The first-order chi connectivity index (χ1) is 8.09. The molecule has 1 N–H and O–H groups in total. The number of nitrogens with one attached hydrogen (secondary N) is 1. The second-order valence-corrected chi connectivity index (χ2v) is 5.93. The highest BCUT2D eigenvalue weighted by Gasteiger charge is 2.16. The van der Waals surface area contributed by atoms with Gasteiger partial charge >= 0.3 is 0 Å². The lowest BCUT2D eigenvalue weighted by atomic mass is 10.1. The van der Waals surface area contributed by atoms with Gasteiger partial charge in [0.15, 0.2) is 0 Å². The predicted octanol–water partition coefficient (Wildman–Crippen LogP) is 1.65. The maximum atomic E-state index is 3.59. The van der Waals surface area contributed by atoms with E-state index in [0.29, 0.717) is 6.04 Å². The second-order valence-electron chi connectivity index (χ2n) is 5.93. The summed E-state index contributed by atoms with van der Waals surface area (Å²) in [6.07, 6.45) is 2.60. The zero-order chi connectivity index (χ0) is 12.7. The van der Waals surface area contributed by atoms with Crippen molar-refractivity contribution in [1.29, 1.82) is 0 Å². The minimum atomic E-state index is 0.675. The third kappa shape index (κ3) is 6.39. The molecule has 0 aromatic heterocycles. The third-order valence-electron chi connectivity index (χ3n) is 3.72. The molecule has 1 unspecified atom stereocenters. The normalized spacial score (nSPS) is 21.7. The van der Waals surface area contributed by atoms with E-state index in [0.717, 1.165) is 19.0 Å². The van der Waals surface area contributed by atoms with Crippen LogP contribution in [0.4, 0.5) is 0 Å². The monoisotopic (exact) mass is 241 g/mol. The van der Waals surface area contributed by atoms with Gasteiger partial charge in [-0.15, -0.1) is 0 Å². The number of rotatable bonds is 6. The van der Waals surface area contributed by atoms with Gasteiger partial charge in [0.25, 0.3) is 0 Å². The summed E-state index contributed by atoms with van der Waals surface area (Å²) in [5, 5.41) is 3.59. The molecule has 0 aromatic carbocycles. The highest BCUT2D eigenvalue weighted by atomic mass is 15.2. The fourth-order valence-corrected chi connectivity index (χ4v) is 2.34. The van der Waals surface area contributed by atoms with Crippen LogP contribution in [-0.4, -0.2) is 62.2 Å². The molecule has 1 aliphatic rings. The Balaban J connectivity index is 2.15. The molecule has 0 bridgehead atoms. The van der Waals surface area contributed by atoms with E-state index in [4.69, 9.17) is 0 Å². The molecule has 1 aliphatic heterocycles. The van der Waals surface area contributed by atoms with Crippen molar-refractivity contribution in [2.45, 2.75) is 39.7 Å². The molecule has 0 radical (unpaired) electrons. The van der Waals surface area contributed by atoms with E-state index in [2.05, 4.69) is 42.9 Å². The van der Waals surface area contributed by atoms with E-state index in [1.165, 1.54) is 39.0 Å². The molecule has 1 rings (SSSR count). The quantitative estimate of drug-likeness (QED) is 0.713. The van der Waals surface area contributed by atoms with Crippen LogP contribution in [0, 0.1) is 5.92 Å². The smallest absolute Gasteiger partial charge is 0.0192 e. The lowest BCUT2D eigenvalue weighted by molar-refractivity contribution is 0.210. The van der Waals surface area contributed by atoms with Gasteiger partial charge in [-0.25, -0.2) is 0 Å². The van der Waals surface area contributed by atoms with Crippen LogP contribution in [0.25, 0.3) is 0 Å². The van der Waals surface area contributed by atoms with Crippen molar-refractivity contribution >= 4 is 0 Å². The maximum absolute atomic E-state index is 3.59. The van der Waals surface area contributed by atoms with Gasteiger partial charge in [0.05, 0.1) is 0 Å². The lowest BCUT2D eigenvalue weighted by Gasteiger charge is -2.28. The predicted molar refractivity (Wildman–Crippen MR) is 75.5 cm³/mol. The number of hydrogen-bond acceptors (Lipinski definition) is 3. The van der Waals surface area contributed by atoms with Crippen molar-refractivity contribution in [3.05, 3.63) is 0 Å². The van der Waals surface area contributed by atoms with Crippen LogP contribution in [0.3, 0.4) is 0 Å². The largest absolute Gasteiger partial charge is 0.315 e. The van der Waals surface area contributed by atoms with Crippen LogP contribution in [0.5, 0.6) is 0 Å². The molecule has 1 fully saturated rings. The zero-order valence-electron chi connectivity index (χ0n) is 12.2. The van der Waals surface area contributed by atoms with Crippen LogP contribution in [0.1, 0.15) is 33.6 Å². The molecule has 0 spiro atoms. The van der Waals surface area contributed by atoms with Crippen molar-refractivity contribution in [3.8, 4) is 0 Å². The zero-order valence-corrected chi connectivity index (χ0v) is 12.2. The van der Waals surface area contributed by atoms with Crippen molar-refractivity contribution in [2.75, 3.05) is 46.3 Å². The molecule has 0 aliphatic carbocycles. The van der Waals surface area contributed by atoms with Crippen LogP contribution in [0.2, 0.25) is 0 Å². The summed E-state index contributed by atoms with van der Waals surface area (Å²) >= 11 is 0. The van der Waals surface area contributed by atoms with Crippen LogP contribution < -0.4 is 5.32 Å². The molecular weight excluding hydrogens is 210 g/mol. The van der Waals surface area contributed by atoms with Gasteiger partial charge in [0.2, 0.25) is 0 Å². The van der Waals surface area contributed by atoms with Gasteiger partial charge in [-0.1, -0.05) is 13.8 Å². The Kier molecular flexibility index (Phi) is 7.09. The molecule has 1 atom stereocenters. The molecule has 102 valence electrons. The standard InChI is InChI=1S/C14H31N3/c1-13(2)6-7-15-12-14(3)17-9-5-8-16(4)10-11-17/h13-15H,5-12H2,1-4H3. The summed E-state index contributed by atoms with van der Waals surface area (Å²) < 4.78 is 0. The first-order valence-electron chi connectivity index (χ1n) is 7.23. The maximum Gasteiger partial charge on any atom is 0.0192 e. The van der Waals surface area contributed by atoms with E-state index in [-0.39, 0.29) is 0 Å². The van der Waals surface area contributed by atoms with Gasteiger partial charge in [0, 0.05) is 25.7 Å². The Bertz CT molecular complexity index is 194. The van der Waals surface area contributed by atoms with E-state index in [1.807, 2.05) is 0 Å². The Morgan fingerprint density at radius 2 is 1.82 bits per heavy atom. The first-order valence-corrected chi connectivity index (χ1v) is 7.23. The number of hydrogen-bond donors (Lipinski definition) is 1. The van der Waals surface area contributed by atoms with Gasteiger partial charge in [0.1, 0.15) is 0 Å². The molecule has 1 saturated heterocycles. The van der Waals surface area contributed by atoms with Crippen molar-refractivity contribution in [1.82, 2.24) is 15.1 Å². The molecule has 0 aromatic rings. The minimum Gasteiger partial charge on any atom is -0.315 e. The molecule has 0 amide bonds. The summed E-state index contributed by atoms with van der Waals surface area (Å²) in [5.74, 6) is 0.810. The topological polar surface area (TPSA) is 18.5 Å². The van der Waals surface area contributed by atoms with Crippen LogP contribution in [0.15, 0.2) is 0 Å². The van der Waals surface area contributed by atoms with Gasteiger partial charge in [-0.05, 0) is 52.4 Å². The molecule has 3 nitrogen and oxygen atoms in total. The third-order valence-corrected chi connectivity index (χ3v) is 3.72. The number of nitrogens with zero attached hydrogens (tertiary/aromatic N) is 2. The molecular formula is C14H31N3. The van der Waals surface area contributed by atoms with Gasteiger partial charge in [-0.3, -0.25) is 4.90 Å². The Hall–Kier alpha value is -0.120. The lowest BCUT2D eigenvalue weighted by Crippen LogP contribution is -2.42. The SMILES string of the molecule is CC(C)CCNCC(C)N1CCCN(C)CC1. The van der Waals surface area contributed by atoms with Crippen molar-refractivity contribution in [3.63, 3.8) is 0 Å². The Morgan fingerprint density at radius 1 is 1.06 bits per heavy atom. The van der Waals surface area contributed by atoms with E-state index in [1.54, 1.807) is 0 Å². The Morgan fingerprint density at radius 3 is 2.53 bits per heavy atom. The number of likely N-dealkylation sites (N-methyl/N-ethyl adjacent to an activating group) is 1.